The van der Waals surface area contributed by atoms with Crippen molar-refractivity contribution >= 4 is 46.6 Å². The van der Waals surface area contributed by atoms with Crippen LogP contribution in [0.2, 0.25) is 0 Å². The van der Waals surface area contributed by atoms with E-state index in [1.54, 1.807) is 0 Å². The molecule has 0 radical (unpaired) electrons. The number of ether oxygens (including phenoxy) is 1. The third kappa shape index (κ3) is 3.36. The van der Waals surface area contributed by atoms with Gasteiger partial charge in [0, 0.05) is 27.7 Å². The quantitative estimate of drug-likeness (QED) is 0.730. The molecule has 0 saturated heterocycles. The van der Waals surface area contributed by atoms with Crippen LogP contribution in [0.3, 0.4) is 0 Å². The first-order chi connectivity index (χ1) is 9.31. The second-order valence-corrected chi connectivity index (χ2v) is 7.05. The maximum atomic E-state index is 12.5. The third-order valence-electron chi connectivity index (χ3n) is 4.34. The van der Waals surface area contributed by atoms with Crippen molar-refractivity contribution in [3.8, 4) is 0 Å². The van der Waals surface area contributed by atoms with Crippen LogP contribution in [0.4, 0.5) is 5.69 Å². The molecule has 2 atom stereocenters. The van der Waals surface area contributed by atoms with Crippen LogP contribution >= 0.6 is 35.0 Å². The fraction of sp³-hybridized carbons (Fsp3) is 0.533. The van der Waals surface area contributed by atoms with Crippen LogP contribution in [0.5, 0.6) is 0 Å². The number of carbonyl (C=O) groups excluding carboxylic acids is 1. The molecule has 0 aliphatic heterocycles. The van der Waals surface area contributed by atoms with E-state index in [0.717, 1.165) is 9.26 Å². The summed E-state index contributed by atoms with van der Waals surface area (Å²) < 4.78 is 6.77. The summed E-state index contributed by atoms with van der Waals surface area (Å²) in [6, 6.07) is 7.67. The van der Waals surface area contributed by atoms with Crippen molar-refractivity contribution in [3.05, 3.63) is 27.8 Å². The van der Waals surface area contributed by atoms with E-state index in [-0.39, 0.29) is 29.8 Å². The van der Waals surface area contributed by atoms with Gasteiger partial charge < -0.3 is 15.8 Å². The number of amides is 1. The summed E-state index contributed by atoms with van der Waals surface area (Å²) in [6.45, 7) is 6.58. The van der Waals surface area contributed by atoms with Gasteiger partial charge in [-0.15, -0.1) is 12.4 Å². The van der Waals surface area contributed by atoms with E-state index in [1.807, 2.05) is 45.0 Å². The molecule has 3 N–H and O–H groups in total. The largest absolute Gasteiger partial charge is 0.378 e. The molecule has 0 spiro atoms. The molecular formula is C15H22ClIN2O2. The zero-order chi connectivity index (χ0) is 15.0. The minimum atomic E-state index is -0.879. The van der Waals surface area contributed by atoms with E-state index >= 15 is 0 Å². The second-order valence-electron chi connectivity index (χ2n) is 5.80. The summed E-state index contributed by atoms with van der Waals surface area (Å²) in [7, 11) is 0. The van der Waals surface area contributed by atoms with Crippen molar-refractivity contribution in [2.24, 2.45) is 11.1 Å². The van der Waals surface area contributed by atoms with E-state index < -0.39 is 5.54 Å². The number of hydrogen-bond donors (Lipinski definition) is 2. The van der Waals surface area contributed by atoms with Gasteiger partial charge >= 0.3 is 0 Å². The van der Waals surface area contributed by atoms with Crippen LogP contribution < -0.4 is 11.1 Å². The molecule has 1 amide bonds. The molecule has 21 heavy (non-hydrogen) atoms. The molecule has 2 unspecified atom stereocenters. The van der Waals surface area contributed by atoms with Crippen LogP contribution in [0.25, 0.3) is 0 Å². The highest BCUT2D eigenvalue weighted by Crippen LogP contribution is 2.50. The SMILES string of the molecule is CCOC1CC(N)(C(=O)Nc2ccc(I)cc2)C1(C)C.Cl. The molecule has 0 aromatic heterocycles. The number of rotatable bonds is 4. The number of halogens is 2. The van der Waals surface area contributed by atoms with Gasteiger partial charge in [0.15, 0.2) is 0 Å². The van der Waals surface area contributed by atoms with Gasteiger partial charge in [0.25, 0.3) is 0 Å². The Balaban J connectivity index is 0.00000220. The Bertz CT molecular complexity index is 507. The summed E-state index contributed by atoms with van der Waals surface area (Å²) in [5, 5.41) is 2.91. The lowest BCUT2D eigenvalue weighted by Gasteiger charge is -2.57. The topological polar surface area (TPSA) is 64.3 Å². The highest BCUT2D eigenvalue weighted by molar-refractivity contribution is 14.1. The van der Waals surface area contributed by atoms with Gasteiger partial charge in [-0.25, -0.2) is 0 Å². The highest BCUT2D eigenvalue weighted by Gasteiger charge is 2.62. The first kappa shape index (κ1) is 18.7. The Labute approximate surface area is 145 Å². The fourth-order valence-corrected chi connectivity index (χ4v) is 2.96. The molecule has 1 aromatic carbocycles. The second kappa shape index (κ2) is 6.81. The average molecular weight is 425 g/mol. The van der Waals surface area contributed by atoms with E-state index in [1.165, 1.54) is 0 Å². The Kier molecular flexibility index (Phi) is 6.06. The molecule has 0 heterocycles. The normalized spacial score (nSPS) is 26.4. The molecule has 4 nitrogen and oxygen atoms in total. The van der Waals surface area contributed by atoms with E-state index in [9.17, 15) is 4.79 Å². The average Bonchev–Trinajstić information content (AvgIpc) is 2.40. The van der Waals surface area contributed by atoms with E-state index in [4.69, 9.17) is 10.5 Å². The van der Waals surface area contributed by atoms with Crippen molar-refractivity contribution in [1.29, 1.82) is 0 Å². The standard InChI is InChI=1S/C15H21IN2O2.ClH/c1-4-20-12-9-15(17,14(12,2)3)13(19)18-11-7-5-10(16)6-8-11;/h5-8,12H,4,9,17H2,1-3H3,(H,18,19);1H. The minimum Gasteiger partial charge on any atom is -0.378 e. The summed E-state index contributed by atoms with van der Waals surface area (Å²) in [6.07, 6.45) is 0.601. The maximum Gasteiger partial charge on any atom is 0.245 e. The van der Waals surface area contributed by atoms with Gasteiger partial charge in [-0.3, -0.25) is 4.79 Å². The Morgan fingerprint density at radius 1 is 1.43 bits per heavy atom. The molecular weight excluding hydrogens is 403 g/mol. The Morgan fingerprint density at radius 3 is 2.48 bits per heavy atom. The van der Waals surface area contributed by atoms with Gasteiger partial charge in [-0.2, -0.15) is 0 Å². The van der Waals surface area contributed by atoms with Gasteiger partial charge in [-0.1, -0.05) is 13.8 Å². The number of anilines is 1. The van der Waals surface area contributed by atoms with Crippen LogP contribution in [0, 0.1) is 8.99 Å². The van der Waals surface area contributed by atoms with Crippen LogP contribution in [-0.4, -0.2) is 24.2 Å². The van der Waals surface area contributed by atoms with Crippen molar-refractivity contribution in [2.45, 2.75) is 38.8 Å². The molecule has 2 rings (SSSR count). The first-order valence-corrected chi connectivity index (χ1v) is 7.86. The fourth-order valence-electron chi connectivity index (χ4n) is 2.60. The number of benzene rings is 1. The van der Waals surface area contributed by atoms with E-state index in [2.05, 4.69) is 27.9 Å². The van der Waals surface area contributed by atoms with Crippen molar-refractivity contribution in [3.63, 3.8) is 0 Å². The van der Waals surface area contributed by atoms with Gasteiger partial charge in [0.1, 0.15) is 5.54 Å². The third-order valence-corrected chi connectivity index (χ3v) is 5.06. The van der Waals surface area contributed by atoms with Crippen LogP contribution in [0.15, 0.2) is 24.3 Å². The molecule has 1 fully saturated rings. The number of hydrogen-bond acceptors (Lipinski definition) is 3. The predicted octanol–water partition coefficient (Wildman–Crippen LogP) is 3.18. The summed E-state index contributed by atoms with van der Waals surface area (Å²) in [4.78, 5) is 12.5. The van der Waals surface area contributed by atoms with Gasteiger partial charge in [0.2, 0.25) is 5.91 Å². The molecule has 1 aliphatic rings. The number of carbonyl (C=O) groups is 1. The van der Waals surface area contributed by atoms with Crippen molar-refractivity contribution < 1.29 is 9.53 Å². The molecule has 0 bridgehead atoms. The van der Waals surface area contributed by atoms with E-state index in [0.29, 0.717) is 13.0 Å². The lowest BCUT2D eigenvalue weighted by molar-refractivity contribution is -0.166. The first-order valence-electron chi connectivity index (χ1n) is 6.79. The van der Waals surface area contributed by atoms with Gasteiger partial charge in [0.05, 0.1) is 6.10 Å². The lowest BCUT2D eigenvalue weighted by atomic mass is 9.54. The Hall–Kier alpha value is -0.370. The smallest absolute Gasteiger partial charge is 0.245 e. The van der Waals surface area contributed by atoms with Gasteiger partial charge in [-0.05, 0) is 53.8 Å². The summed E-state index contributed by atoms with van der Waals surface area (Å²) >= 11 is 2.23. The summed E-state index contributed by atoms with van der Waals surface area (Å²) in [5.41, 5.74) is 5.86. The van der Waals surface area contributed by atoms with Crippen molar-refractivity contribution in [2.75, 3.05) is 11.9 Å². The lowest BCUT2D eigenvalue weighted by Crippen LogP contribution is -2.74. The molecule has 6 heteroatoms. The zero-order valence-electron chi connectivity index (χ0n) is 12.5. The minimum absolute atomic E-state index is 0. The maximum absolute atomic E-state index is 12.5. The summed E-state index contributed by atoms with van der Waals surface area (Å²) in [5.74, 6) is -0.139. The highest BCUT2D eigenvalue weighted by atomic mass is 127. The number of nitrogens with two attached hydrogens (primary N) is 1. The molecule has 1 aromatic rings. The molecule has 118 valence electrons. The molecule has 1 aliphatic carbocycles. The Morgan fingerprint density at radius 2 is 2.00 bits per heavy atom. The molecule has 1 saturated carbocycles. The van der Waals surface area contributed by atoms with Crippen molar-refractivity contribution in [1.82, 2.24) is 0 Å². The van der Waals surface area contributed by atoms with Crippen LogP contribution in [-0.2, 0) is 9.53 Å². The van der Waals surface area contributed by atoms with Crippen LogP contribution in [0.1, 0.15) is 27.2 Å². The zero-order valence-corrected chi connectivity index (χ0v) is 15.5. The monoisotopic (exact) mass is 424 g/mol. The predicted molar refractivity (Wildman–Crippen MR) is 95.8 cm³/mol. The number of nitrogens with one attached hydrogen (secondary N) is 1.